The molecule has 0 spiro atoms. The molecule has 0 aliphatic heterocycles. The first-order valence-electron chi connectivity index (χ1n) is 8.16. The van der Waals surface area contributed by atoms with Crippen molar-refractivity contribution in [2.75, 3.05) is 0 Å². The molecule has 0 aliphatic carbocycles. The molecule has 1 heterocycles. The molecule has 3 aromatic rings. The molecule has 7 heteroatoms. The Morgan fingerprint density at radius 2 is 1.85 bits per heavy atom. The van der Waals surface area contributed by atoms with Crippen molar-refractivity contribution >= 4 is 23.1 Å². The summed E-state index contributed by atoms with van der Waals surface area (Å²) in [6.07, 6.45) is -0.775. The number of benzene rings is 2. The van der Waals surface area contributed by atoms with Crippen molar-refractivity contribution in [3.63, 3.8) is 0 Å². The molecule has 0 radical (unpaired) electrons. The lowest BCUT2D eigenvalue weighted by molar-refractivity contribution is -0.139. The van der Waals surface area contributed by atoms with Crippen LogP contribution in [0.5, 0.6) is 0 Å². The molecule has 2 aromatic carbocycles. The number of aromatic nitrogens is 2. The third-order valence-corrected chi connectivity index (χ3v) is 4.01. The molecule has 1 unspecified atom stereocenters. The SMILES string of the molecule is Cc1nc2ccccc2n1CC(NC(=O)OCc1ccccc1)C(=O)O. The molecule has 7 nitrogen and oxygen atoms in total. The van der Waals surface area contributed by atoms with E-state index in [1.807, 2.05) is 54.6 Å². The number of para-hydroxylation sites is 2. The number of imidazole rings is 1. The van der Waals surface area contributed by atoms with Gasteiger partial charge in [0.05, 0.1) is 17.6 Å². The van der Waals surface area contributed by atoms with Crippen LogP contribution in [0.1, 0.15) is 11.4 Å². The van der Waals surface area contributed by atoms with E-state index in [0.717, 1.165) is 16.6 Å². The summed E-state index contributed by atoms with van der Waals surface area (Å²) in [5.74, 6) is -0.462. The number of carbonyl (C=O) groups excluding carboxylic acids is 1. The van der Waals surface area contributed by atoms with E-state index in [1.165, 1.54) is 0 Å². The number of carboxylic acids is 1. The van der Waals surface area contributed by atoms with Crippen molar-refractivity contribution in [3.8, 4) is 0 Å². The minimum Gasteiger partial charge on any atom is -0.480 e. The number of aliphatic carboxylic acids is 1. The second kappa shape index (κ2) is 7.69. The van der Waals surface area contributed by atoms with Gasteiger partial charge in [0.25, 0.3) is 0 Å². The number of alkyl carbamates (subject to hydrolysis) is 1. The molecule has 1 atom stereocenters. The van der Waals surface area contributed by atoms with E-state index < -0.39 is 18.1 Å². The highest BCUT2D eigenvalue weighted by molar-refractivity contribution is 5.81. The number of carbonyl (C=O) groups is 2. The Morgan fingerprint density at radius 3 is 2.58 bits per heavy atom. The average molecular weight is 353 g/mol. The fraction of sp³-hybridized carbons (Fsp3) is 0.211. The summed E-state index contributed by atoms with van der Waals surface area (Å²) < 4.78 is 6.88. The van der Waals surface area contributed by atoms with E-state index in [0.29, 0.717) is 5.82 Å². The van der Waals surface area contributed by atoms with Gasteiger partial charge in [0.1, 0.15) is 18.5 Å². The van der Waals surface area contributed by atoms with Crippen molar-refractivity contribution in [1.82, 2.24) is 14.9 Å². The Kier molecular flexibility index (Phi) is 5.17. The van der Waals surface area contributed by atoms with Gasteiger partial charge in [0, 0.05) is 0 Å². The minimum atomic E-state index is -1.14. The van der Waals surface area contributed by atoms with Gasteiger partial charge in [-0.25, -0.2) is 14.6 Å². The van der Waals surface area contributed by atoms with Crippen molar-refractivity contribution < 1.29 is 19.4 Å². The van der Waals surface area contributed by atoms with E-state index in [2.05, 4.69) is 10.3 Å². The average Bonchev–Trinajstić information content (AvgIpc) is 2.95. The predicted molar refractivity (Wildman–Crippen MR) is 95.7 cm³/mol. The number of nitrogens with zero attached hydrogens (tertiary/aromatic N) is 2. The van der Waals surface area contributed by atoms with Crippen molar-refractivity contribution in [1.29, 1.82) is 0 Å². The number of amides is 1. The third-order valence-electron chi connectivity index (χ3n) is 4.01. The van der Waals surface area contributed by atoms with Crippen molar-refractivity contribution in [2.24, 2.45) is 0 Å². The van der Waals surface area contributed by atoms with Crippen LogP contribution >= 0.6 is 0 Å². The molecule has 0 fully saturated rings. The van der Waals surface area contributed by atoms with Crippen LogP contribution < -0.4 is 5.32 Å². The summed E-state index contributed by atoms with van der Waals surface area (Å²) in [5, 5.41) is 11.9. The number of carboxylic acid groups (broad SMARTS) is 1. The number of hydrogen-bond acceptors (Lipinski definition) is 4. The molecule has 2 N–H and O–H groups in total. The molecular weight excluding hydrogens is 334 g/mol. The summed E-state index contributed by atoms with van der Waals surface area (Å²) in [4.78, 5) is 28.0. The number of rotatable bonds is 6. The first-order valence-corrected chi connectivity index (χ1v) is 8.16. The fourth-order valence-electron chi connectivity index (χ4n) is 2.70. The van der Waals surface area contributed by atoms with Crippen LogP contribution in [-0.2, 0) is 22.7 Å². The molecular formula is C19H19N3O4. The highest BCUT2D eigenvalue weighted by Gasteiger charge is 2.23. The number of fused-ring (bicyclic) bond motifs is 1. The van der Waals surface area contributed by atoms with E-state index in [1.54, 1.807) is 11.5 Å². The van der Waals surface area contributed by atoms with Gasteiger partial charge in [-0.3, -0.25) is 0 Å². The maximum absolute atomic E-state index is 12.0. The molecule has 1 amide bonds. The molecule has 0 saturated carbocycles. The lowest BCUT2D eigenvalue weighted by Crippen LogP contribution is -2.44. The Hall–Kier alpha value is -3.35. The smallest absolute Gasteiger partial charge is 0.408 e. The van der Waals surface area contributed by atoms with Crippen LogP contribution in [0, 0.1) is 6.92 Å². The lowest BCUT2D eigenvalue weighted by atomic mass is 10.2. The fourth-order valence-corrected chi connectivity index (χ4v) is 2.70. The highest BCUT2D eigenvalue weighted by Crippen LogP contribution is 2.16. The first kappa shape index (κ1) is 17.5. The van der Waals surface area contributed by atoms with E-state index in [4.69, 9.17) is 4.74 Å². The number of aryl methyl sites for hydroxylation is 1. The Labute approximate surface area is 150 Å². The Morgan fingerprint density at radius 1 is 1.15 bits per heavy atom. The monoisotopic (exact) mass is 353 g/mol. The van der Waals surface area contributed by atoms with E-state index in [-0.39, 0.29) is 13.2 Å². The van der Waals surface area contributed by atoms with Gasteiger partial charge in [-0.15, -0.1) is 0 Å². The molecule has 26 heavy (non-hydrogen) atoms. The number of ether oxygens (including phenoxy) is 1. The van der Waals surface area contributed by atoms with Gasteiger partial charge < -0.3 is 19.7 Å². The lowest BCUT2D eigenvalue weighted by Gasteiger charge is -2.16. The largest absolute Gasteiger partial charge is 0.480 e. The summed E-state index contributed by atoms with van der Waals surface area (Å²) in [5.41, 5.74) is 2.42. The van der Waals surface area contributed by atoms with Gasteiger partial charge in [0.15, 0.2) is 0 Å². The molecule has 1 aromatic heterocycles. The summed E-state index contributed by atoms with van der Waals surface area (Å²) in [6, 6.07) is 15.5. The normalized spacial score (nSPS) is 11.9. The molecule has 0 saturated heterocycles. The van der Waals surface area contributed by atoms with Crippen molar-refractivity contribution in [3.05, 3.63) is 66.0 Å². The number of nitrogens with one attached hydrogen (secondary N) is 1. The van der Waals surface area contributed by atoms with Crippen LogP contribution in [0.15, 0.2) is 54.6 Å². The second-order valence-corrected chi connectivity index (χ2v) is 5.86. The molecule has 134 valence electrons. The van der Waals surface area contributed by atoms with Crippen LogP contribution in [0.3, 0.4) is 0 Å². The summed E-state index contributed by atoms with van der Waals surface area (Å²) in [7, 11) is 0. The van der Waals surface area contributed by atoms with E-state index in [9.17, 15) is 14.7 Å². The van der Waals surface area contributed by atoms with Crippen LogP contribution in [0.25, 0.3) is 11.0 Å². The second-order valence-electron chi connectivity index (χ2n) is 5.86. The first-order chi connectivity index (χ1) is 12.5. The van der Waals surface area contributed by atoms with E-state index >= 15 is 0 Å². The highest BCUT2D eigenvalue weighted by atomic mass is 16.5. The van der Waals surface area contributed by atoms with Gasteiger partial charge in [0.2, 0.25) is 0 Å². The topological polar surface area (TPSA) is 93.5 Å². The standard InChI is InChI=1S/C19H19N3O4/c1-13-20-15-9-5-6-10-17(15)22(13)11-16(18(23)24)21-19(25)26-12-14-7-3-2-4-8-14/h2-10,16H,11-12H2,1H3,(H,21,25)(H,23,24). The quantitative estimate of drug-likeness (QED) is 0.711. The Balaban J connectivity index is 1.68. The minimum absolute atomic E-state index is 0.0577. The molecule has 3 rings (SSSR count). The van der Waals surface area contributed by atoms with Gasteiger partial charge in [-0.05, 0) is 24.6 Å². The van der Waals surface area contributed by atoms with Gasteiger partial charge >= 0.3 is 12.1 Å². The predicted octanol–water partition coefficient (Wildman–Crippen LogP) is 2.72. The molecule has 0 aliphatic rings. The third kappa shape index (κ3) is 4.00. The van der Waals surface area contributed by atoms with Crippen LogP contribution in [-0.4, -0.2) is 32.8 Å². The zero-order chi connectivity index (χ0) is 18.5. The van der Waals surface area contributed by atoms with Crippen molar-refractivity contribution in [2.45, 2.75) is 26.1 Å². The number of hydrogen-bond donors (Lipinski definition) is 2. The summed E-state index contributed by atoms with van der Waals surface area (Å²) in [6.45, 7) is 1.93. The maximum Gasteiger partial charge on any atom is 0.408 e. The zero-order valence-electron chi connectivity index (χ0n) is 14.3. The van der Waals surface area contributed by atoms with Gasteiger partial charge in [-0.2, -0.15) is 0 Å². The summed E-state index contributed by atoms with van der Waals surface area (Å²) >= 11 is 0. The zero-order valence-corrected chi connectivity index (χ0v) is 14.3. The Bertz CT molecular complexity index is 921. The maximum atomic E-state index is 12.0. The molecule has 0 bridgehead atoms. The van der Waals surface area contributed by atoms with Gasteiger partial charge in [-0.1, -0.05) is 42.5 Å². The van der Waals surface area contributed by atoms with Crippen LogP contribution in [0.4, 0.5) is 4.79 Å². The van der Waals surface area contributed by atoms with Crippen LogP contribution in [0.2, 0.25) is 0 Å².